The summed E-state index contributed by atoms with van der Waals surface area (Å²) < 4.78 is 22.8. The molecule has 1 saturated carbocycles. The summed E-state index contributed by atoms with van der Waals surface area (Å²) in [6, 6.07) is -1.26. The maximum absolute atomic E-state index is 12.9. The fraction of sp³-hybridized carbons (Fsp3) is 0.833. The molecular weight excluding hydrogens is 741 g/mol. The largest absolute Gasteiger partial charge is 0.472 e. The summed E-state index contributed by atoms with van der Waals surface area (Å²) in [7, 11) is -5.14. The van der Waals surface area contributed by atoms with Crippen LogP contribution in [0.3, 0.4) is 0 Å². The first-order chi connectivity index (χ1) is 26.8. The van der Waals surface area contributed by atoms with Crippen LogP contribution in [-0.2, 0) is 18.4 Å². The van der Waals surface area contributed by atoms with Crippen LogP contribution < -0.4 is 5.32 Å². The first kappa shape index (κ1) is 52.5. The third kappa shape index (κ3) is 24.4. The van der Waals surface area contributed by atoms with Crippen LogP contribution in [0.1, 0.15) is 162 Å². The zero-order chi connectivity index (χ0) is 41.6. The second-order valence-corrected chi connectivity index (χ2v) is 16.8. The Bertz CT molecular complexity index is 1110. The van der Waals surface area contributed by atoms with Crippen molar-refractivity contribution in [2.45, 2.75) is 216 Å². The number of carbonyl (C=O) groups excluding carboxylic acids is 1. The topological polar surface area (TPSA) is 226 Å². The van der Waals surface area contributed by atoms with Crippen molar-refractivity contribution in [1.29, 1.82) is 0 Å². The van der Waals surface area contributed by atoms with Crippen LogP contribution >= 0.6 is 7.82 Å². The zero-order valence-corrected chi connectivity index (χ0v) is 35.2. The quantitative estimate of drug-likeness (QED) is 0.0201. The Hall–Kier alpha value is -1.48. The molecule has 0 aromatic heterocycles. The zero-order valence-electron chi connectivity index (χ0n) is 34.3. The van der Waals surface area contributed by atoms with Crippen molar-refractivity contribution in [3.8, 4) is 0 Å². The molecule has 9 N–H and O–H groups in total. The molecule has 56 heavy (non-hydrogen) atoms. The molecular formula is C42H78NO12P. The van der Waals surface area contributed by atoms with Gasteiger partial charge < -0.3 is 46.0 Å². The third-order valence-electron chi connectivity index (χ3n) is 10.2. The van der Waals surface area contributed by atoms with E-state index < -0.39 is 75.2 Å². The summed E-state index contributed by atoms with van der Waals surface area (Å²) in [6.45, 7) is 3.66. The highest BCUT2D eigenvalue weighted by atomic mass is 31.2. The lowest BCUT2D eigenvalue weighted by molar-refractivity contribution is -0.220. The Kier molecular flexibility index (Phi) is 30.4. The van der Waals surface area contributed by atoms with Crippen molar-refractivity contribution in [3.63, 3.8) is 0 Å². The number of phosphoric acid groups is 1. The number of carbonyl (C=O) groups is 1. The van der Waals surface area contributed by atoms with E-state index in [1.54, 1.807) is 6.08 Å². The second-order valence-electron chi connectivity index (χ2n) is 15.4. The highest BCUT2D eigenvalue weighted by Crippen LogP contribution is 2.47. The van der Waals surface area contributed by atoms with Crippen LogP contribution in [0.4, 0.5) is 0 Å². The smallest absolute Gasteiger partial charge is 0.393 e. The summed E-state index contributed by atoms with van der Waals surface area (Å²) in [5, 5.41) is 74.2. The highest BCUT2D eigenvalue weighted by molar-refractivity contribution is 7.47. The molecule has 0 radical (unpaired) electrons. The normalized spacial score (nSPS) is 24.5. The maximum Gasteiger partial charge on any atom is 0.472 e. The maximum atomic E-state index is 12.9. The molecule has 0 saturated heterocycles. The molecule has 1 rings (SSSR count). The van der Waals surface area contributed by atoms with E-state index in [0.29, 0.717) is 12.8 Å². The van der Waals surface area contributed by atoms with E-state index >= 15 is 0 Å². The second kappa shape index (κ2) is 32.4. The van der Waals surface area contributed by atoms with Crippen LogP contribution in [0.15, 0.2) is 36.5 Å². The fourth-order valence-electron chi connectivity index (χ4n) is 6.60. The van der Waals surface area contributed by atoms with Gasteiger partial charge in [-0.25, -0.2) is 4.57 Å². The molecule has 14 heteroatoms. The number of allylic oxidation sites excluding steroid dienone is 5. The molecule has 13 nitrogen and oxygen atoms in total. The van der Waals surface area contributed by atoms with E-state index in [2.05, 4.69) is 43.5 Å². The minimum atomic E-state index is -5.14. The summed E-state index contributed by atoms with van der Waals surface area (Å²) in [4.78, 5) is 23.3. The van der Waals surface area contributed by atoms with Crippen LogP contribution in [-0.4, -0.2) is 108 Å². The molecule has 1 amide bonds. The van der Waals surface area contributed by atoms with Crippen molar-refractivity contribution in [1.82, 2.24) is 5.32 Å². The van der Waals surface area contributed by atoms with Gasteiger partial charge >= 0.3 is 7.82 Å². The molecule has 0 aromatic carbocycles. The van der Waals surface area contributed by atoms with E-state index in [4.69, 9.17) is 9.05 Å². The molecule has 1 aliphatic carbocycles. The molecule has 0 bridgehead atoms. The van der Waals surface area contributed by atoms with Crippen molar-refractivity contribution in [3.05, 3.63) is 36.5 Å². The molecule has 8 atom stereocenters. The van der Waals surface area contributed by atoms with E-state index in [-0.39, 0.29) is 6.42 Å². The minimum absolute atomic E-state index is 0.259. The molecule has 1 aliphatic rings. The lowest BCUT2D eigenvalue weighted by Crippen LogP contribution is -2.64. The minimum Gasteiger partial charge on any atom is -0.393 e. The Morgan fingerprint density at radius 1 is 0.625 bits per heavy atom. The monoisotopic (exact) mass is 820 g/mol. The van der Waals surface area contributed by atoms with Crippen LogP contribution in [0.25, 0.3) is 0 Å². The summed E-state index contributed by atoms with van der Waals surface area (Å²) in [5.41, 5.74) is 0. The van der Waals surface area contributed by atoms with Gasteiger partial charge in [0.2, 0.25) is 5.91 Å². The van der Waals surface area contributed by atoms with Crippen molar-refractivity contribution in [2.75, 3.05) is 6.61 Å². The molecule has 8 unspecified atom stereocenters. The average Bonchev–Trinajstić information content (AvgIpc) is 3.17. The number of hydrogen-bond acceptors (Lipinski definition) is 11. The summed E-state index contributed by atoms with van der Waals surface area (Å²) >= 11 is 0. The van der Waals surface area contributed by atoms with E-state index in [1.807, 2.05) is 0 Å². The van der Waals surface area contributed by atoms with Gasteiger partial charge in [-0.3, -0.25) is 13.8 Å². The molecule has 0 aliphatic heterocycles. The number of hydrogen-bond donors (Lipinski definition) is 9. The number of amides is 1. The number of phosphoric ester groups is 1. The predicted molar refractivity (Wildman–Crippen MR) is 220 cm³/mol. The van der Waals surface area contributed by atoms with E-state index in [0.717, 1.165) is 64.2 Å². The van der Waals surface area contributed by atoms with Gasteiger partial charge in [0.25, 0.3) is 0 Å². The Labute approximate surface area is 336 Å². The fourth-order valence-corrected chi connectivity index (χ4v) is 7.57. The van der Waals surface area contributed by atoms with Crippen molar-refractivity contribution >= 4 is 13.7 Å². The van der Waals surface area contributed by atoms with Gasteiger partial charge in [0.05, 0.1) is 31.3 Å². The average molecular weight is 820 g/mol. The lowest BCUT2D eigenvalue weighted by atomic mass is 9.85. The summed E-state index contributed by atoms with van der Waals surface area (Å²) in [5.74, 6) is -0.611. The van der Waals surface area contributed by atoms with Gasteiger partial charge in [-0.15, -0.1) is 0 Å². The first-order valence-corrected chi connectivity index (χ1v) is 23.0. The van der Waals surface area contributed by atoms with E-state index in [9.17, 15) is 50.0 Å². The highest BCUT2D eigenvalue weighted by Gasteiger charge is 2.51. The van der Waals surface area contributed by atoms with Crippen LogP contribution in [0, 0.1) is 0 Å². The van der Waals surface area contributed by atoms with Gasteiger partial charge in [-0.2, -0.15) is 0 Å². The van der Waals surface area contributed by atoms with Gasteiger partial charge in [0.1, 0.15) is 36.6 Å². The Morgan fingerprint density at radius 3 is 1.57 bits per heavy atom. The molecule has 0 aromatic rings. The number of rotatable bonds is 34. The molecule has 1 fully saturated rings. The Morgan fingerprint density at radius 2 is 1.05 bits per heavy atom. The molecule has 0 heterocycles. The van der Waals surface area contributed by atoms with Crippen LogP contribution in [0.5, 0.6) is 0 Å². The standard InChI is InChI=1S/C42H78NO12P/c1-3-5-7-9-11-13-15-16-17-18-20-21-23-25-27-29-33(44)31-36(46)43-34(35(45)30-28-26-24-22-19-14-12-10-8-6-4-2)32-54-56(52,53)55-42-40(50)38(48)37(47)39(49)41(42)51/h16-17,19,22,28,30,33-35,37-42,44-45,47-51H,3-15,18,20-21,23-27,29,31-32H2,1-2H3,(H,43,46)(H,52,53)/b17-16-,22-19+,30-28+. The van der Waals surface area contributed by atoms with E-state index in [1.165, 1.54) is 70.3 Å². The van der Waals surface area contributed by atoms with Gasteiger partial charge in [-0.05, 0) is 57.8 Å². The molecule has 0 spiro atoms. The lowest BCUT2D eigenvalue weighted by Gasteiger charge is -2.41. The first-order valence-electron chi connectivity index (χ1n) is 21.5. The number of unbranched alkanes of at least 4 members (excludes halogenated alkanes) is 17. The van der Waals surface area contributed by atoms with Crippen molar-refractivity contribution < 1.29 is 59.0 Å². The number of nitrogens with one attached hydrogen (secondary N) is 1. The predicted octanol–water partition coefficient (Wildman–Crippen LogP) is 6.19. The number of aliphatic hydroxyl groups is 7. The van der Waals surface area contributed by atoms with Crippen molar-refractivity contribution in [2.24, 2.45) is 0 Å². The number of aliphatic hydroxyl groups excluding tert-OH is 7. The van der Waals surface area contributed by atoms with Gasteiger partial charge in [0.15, 0.2) is 0 Å². The van der Waals surface area contributed by atoms with Crippen LogP contribution in [0.2, 0.25) is 0 Å². The molecule has 328 valence electrons. The van der Waals surface area contributed by atoms with Gasteiger partial charge in [0, 0.05) is 0 Å². The summed E-state index contributed by atoms with van der Waals surface area (Å²) in [6.07, 6.45) is 21.1. The third-order valence-corrected chi connectivity index (χ3v) is 11.2. The Balaban J connectivity index is 2.60. The SMILES string of the molecule is CCCCCCC/C=C/CC/C=C/C(O)C(COP(=O)(O)OC1C(O)C(O)C(O)C(O)C1O)NC(=O)CC(O)CCCCCCC/C=C\CCCCCCCC. The van der Waals surface area contributed by atoms with Gasteiger partial charge in [-0.1, -0.05) is 134 Å².